The molecule has 0 heterocycles. The van der Waals surface area contributed by atoms with Gasteiger partial charge in [0.1, 0.15) is 0 Å². The molecule has 3 aromatic rings. The lowest BCUT2D eigenvalue weighted by molar-refractivity contribution is 0.303. The highest BCUT2D eigenvalue weighted by Crippen LogP contribution is 2.71. The molecule has 0 unspecified atom stereocenters. The van der Waals surface area contributed by atoms with Crippen molar-refractivity contribution in [1.82, 2.24) is 0 Å². The molecule has 0 saturated carbocycles. The van der Waals surface area contributed by atoms with Crippen molar-refractivity contribution in [3.05, 3.63) is 99.1 Å². The first-order chi connectivity index (χ1) is 17.6. The molecular weight excluding hydrogens is 499 g/mol. The van der Waals surface area contributed by atoms with Crippen LogP contribution in [0.4, 0.5) is 0 Å². The van der Waals surface area contributed by atoms with Gasteiger partial charge in [0, 0.05) is 16.7 Å². The number of benzene rings is 3. The van der Waals surface area contributed by atoms with Crippen LogP contribution in [0.1, 0.15) is 114 Å². The molecule has 3 aromatic carbocycles. The van der Waals surface area contributed by atoms with Crippen LogP contribution < -0.4 is 4.52 Å². The summed E-state index contributed by atoms with van der Waals surface area (Å²) in [6.07, 6.45) is 0. The van der Waals surface area contributed by atoms with Crippen molar-refractivity contribution in [2.24, 2.45) is 0 Å². The third-order valence-electron chi connectivity index (χ3n) is 7.77. The first-order valence-electron chi connectivity index (χ1n) is 14.0. The Labute approximate surface area is 238 Å². The fourth-order valence-electron chi connectivity index (χ4n) is 5.40. The first kappa shape index (κ1) is 31.3. The highest BCUT2D eigenvalue weighted by molar-refractivity contribution is 7.61. The summed E-state index contributed by atoms with van der Waals surface area (Å²) in [6.45, 7) is 27.6. The van der Waals surface area contributed by atoms with E-state index in [0.29, 0.717) is 5.75 Å². The van der Waals surface area contributed by atoms with Crippen molar-refractivity contribution in [3.8, 4) is 5.75 Å². The standard InChI is InChI=1S/C35H50O3P/c1-23-14-17-26(28(20-23)32(4,5)6)35(13,27-18-15-24(2)21-29(27)33(7,8)9)39(36,37)38-31-19-16-25(3)22-30(31)34(10,11)12/h14-22,36-37H,1-13H3/q+1. The lowest BCUT2D eigenvalue weighted by Gasteiger charge is -2.39. The van der Waals surface area contributed by atoms with Crippen LogP contribution in [0.5, 0.6) is 5.75 Å². The summed E-state index contributed by atoms with van der Waals surface area (Å²) in [5.41, 5.74) is 7.59. The summed E-state index contributed by atoms with van der Waals surface area (Å²) >= 11 is 0. The average molecular weight is 550 g/mol. The van der Waals surface area contributed by atoms with E-state index in [4.69, 9.17) is 4.52 Å². The quantitative estimate of drug-likeness (QED) is 0.312. The maximum Gasteiger partial charge on any atom is 0.466 e. The molecule has 0 amide bonds. The van der Waals surface area contributed by atoms with Crippen molar-refractivity contribution < 1.29 is 14.3 Å². The highest BCUT2D eigenvalue weighted by Gasteiger charge is 2.63. The predicted molar refractivity (Wildman–Crippen MR) is 168 cm³/mol. The molecule has 212 valence electrons. The van der Waals surface area contributed by atoms with Crippen LogP contribution in [0.2, 0.25) is 0 Å². The summed E-state index contributed by atoms with van der Waals surface area (Å²) in [7, 11) is -4.17. The van der Waals surface area contributed by atoms with Gasteiger partial charge in [0.15, 0.2) is 5.75 Å². The van der Waals surface area contributed by atoms with Crippen molar-refractivity contribution in [2.45, 2.75) is 111 Å². The Kier molecular flexibility index (Phi) is 8.30. The Morgan fingerprint density at radius 3 is 1.18 bits per heavy atom. The summed E-state index contributed by atoms with van der Waals surface area (Å²) in [4.78, 5) is 24.8. The number of aryl methyl sites for hydroxylation is 3. The molecule has 0 radical (unpaired) electrons. The number of rotatable bonds is 5. The third-order valence-corrected chi connectivity index (χ3v) is 9.86. The predicted octanol–water partition coefficient (Wildman–Crippen LogP) is 9.59. The van der Waals surface area contributed by atoms with Crippen molar-refractivity contribution >= 4 is 7.94 Å². The Balaban J connectivity index is 2.45. The molecule has 0 fully saturated rings. The van der Waals surface area contributed by atoms with Gasteiger partial charge in [-0.05, 0) is 61.1 Å². The van der Waals surface area contributed by atoms with Crippen LogP contribution >= 0.6 is 7.94 Å². The number of hydrogen-bond donors (Lipinski definition) is 2. The molecule has 0 aliphatic rings. The molecule has 3 nitrogen and oxygen atoms in total. The van der Waals surface area contributed by atoms with E-state index in [1.54, 1.807) is 0 Å². The molecule has 0 atom stereocenters. The summed E-state index contributed by atoms with van der Waals surface area (Å²) in [6, 6.07) is 18.6. The van der Waals surface area contributed by atoms with E-state index >= 15 is 0 Å². The Morgan fingerprint density at radius 2 is 0.821 bits per heavy atom. The minimum absolute atomic E-state index is 0.227. The molecule has 39 heavy (non-hydrogen) atoms. The highest BCUT2D eigenvalue weighted by atomic mass is 31.2. The van der Waals surface area contributed by atoms with Gasteiger partial charge < -0.3 is 0 Å². The minimum atomic E-state index is -4.17. The lowest BCUT2D eigenvalue weighted by atomic mass is 9.73. The fourth-order valence-corrected chi connectivity index (χ4v) is 7.04. The fraction of sp³-hybridized carbons (Fsp3) is 0.486. The van der Waals surface area contributed by atoms with Gasteiger partial charge in [0.25, 0.3) is 0 Å². The Hall–Kier alpha value is -2.19. The van der Waals surface area contributed by atoms with E-state index in [-0.39, 0.29) is 16.2 Å². The molecule has 0 aliphatic carbocycles. The van der Waals surface area contributed by atoms with Crippen molar-refractivity contribution in [3.63, 3.8) is 0 Å². The van der Waals surface area contributed by atoms with E-state index in [0.717, 1.165) is 44.5 Å². The zero-order chi connectivity index (χ0) is 29.8. The topological polar surface area (TPSA) is 49.7 Å². The second-order valence-electron chi connectivity index (χ2n) is 14.6. The van der Waals surface area contributed by atoms with Gasteiger partial charge in [0.2, 0.25) is 5.16 Å². The Bertz CT molecular complexity index is 1280. The number of hydrogen-bond acceptors (Lipinski definition) is 3. The second-order valence-corrected chi connectivity index (χ2v) is 16.7. The largest absolute Gasteiger partial charge is 0.466 e. The molecule has 0 aromatic heterocycles. The molecule has 2 N–H and O–H groups in total. The van der Waals surface area contributed by atoms with Crippen LogP contribution in [0, 0.1) is 20.8 Å². The van der Waals surface area contributed by atoms with Crippen LogP contribution in [0.3, 0.4) is 0 Å². The van der Waals surface area contributed by atoms with E-state index in [9.17, 15) is 9.79 Å². The summed E-state index contributed by atoms with van der Waals surface area (Å²) in [5, 5.41) is -1.22. The minimum Gasteiger partial charge on any atom is -0.285 e. The van der Waals surface area contributed by atoms with Crippen LogP contribution in [-0.2, 0) is 21.4 Å². The maximum absolute atomic E-state index is 12.4. The zero-order valence-electron chi connectivity index (χ0n) is 26.4. The van der Waals surface area contributed by atoms with Crippen molar-refractivity contribution in [2.75, 3.05) is 0 Å². The maximum atomic E-state index is 12.4. The molecule has 0 bridgehead atoms. The Morgan fingerprint density at radius 1 is 0.487 bits per heavy atom. The van der Waals surface area contributed by atoms with Gasteiger partial charge in [-0.15, -0.1) is 0 Å². The summed E-state index contributed by atoms with van der Waals surface area (Å²) < 4.78 is 6.51. The van der Waals surface area contributed by atoms with E-state index in [1.165, 1.54) is 0 Å². The van der Waals surface area contributed by atoms with Gasteiger partial charge in [-0.2, -0.15) is 9.79 Å². The van der Waals surface area contributed by atoms with Crippen LogP contribution in [-0.4, -0.2) is 9.79 Å². The smallest absolute Gasteiger partial charge is 0.285 e. The summed E-state index contributed by atoms with van der Waals surface area (Å²) in [5.74, 6) is 0.520. The van der Waals surface area contributed by atoms with Crippen LogP contribution in [0.15, 0.2) is 54.6 Å². The molecular formula is C35H50O3P+. The SMILES string of the molecule is Cc1ccc(O[P+](O)(O)C(C)(c2ccc(C)cc2C(C)(C)C)c2ccc(C)cc2C(C)(C)C)c(C(C)(C)C)c1. The molecule has 0 spiro atoms. The normalized spacial score (nSPS) is 13.5. The van der Waals surface area contributed by atoms with E-state index in [2.05, 4.69) is 119 Å². The van der Waals surface area contributed by atoms with Crippen molar-refractivity contribution in [1.29, 1.82) is 0 Å². The lowest BCUT2D eigenvalue weighted by Crippen LogP contribution is -2.36. The van der Waals surface area contributed by atoms with Gasteiger partial charge in [0.05, 0.1) is 0 Å². The van der Waals surface area contributed by atoms with E-state index < -0.39 is 13.1 Å². The van der Waals surface area contributed by atoms with E-state index in [1.807, 2.05) is 26.0 Å². The average Bonchev–Trinajstić information content (AvgIpc) is 2.77. The monoisotopic (exact) mass is 549 g/mol. The molecule has 3 rings (SSSR count). The zero-order valence-corrected chi connectivity index (χ0v) is 27.3. The molecule has 0 aliphatic heterocycles. The second kappa shape index (κ2) is 10.3. The first-order valence-corrected chi connectivity index (χ1v) is 15.6. The van der Waals surface area contributed by atoms with Gasteiger partial charge in [-0.25, -0.2) is 0 Å². The van der Waals surface area contributed by atoms with Crippen LogP contribution in [0.25, 0.3) is 0 Å². The third kappa shape index (κ3) is 6.27. The van der Waals surface area contributed by atoms with Gasteiger partial charge in [-0.1, -0.05) is 128 Å². The van der Waals surface area contributed by atoms with Gasteiger partial charge >= 0.3 is 7.94 Å². The van der Waals surface area contributed by atoms with Gasteiger partial charge in [-0.3, -0.25) is 4.52 Å². The molecule has 0 saturated heterocycles. The molecule has 4 heteroatoms.